The number of aliphatic carboxylic acids is 1. The van der Waals surface area contributed by atoms with Gasteiger partial charge in [-0.25, -0.2) is 0 Å². The van der Waals surface area contributed by atoms with Gasteiger partial charge in [0.15, 0.2) is 0 Å². The molecule has 4 heteroatoms. The molecule has 0 aromatic rings. The van der Waals surface area contributed by atoms with Crippen molar-refractivity contribution in [1.29, 1.82) is 0 Å². The highest BCUT2D eigenvalue weighted by Gasteiger charge is 2.38. The van der Waals surface area contributed by atoms with Gasteiger partial charge in [0.25, 0.3) is 0 Å². The highest BCUT2D eigenvalue weighted by atomic mass is 16.4. The Labute approximate surface area is 111 Å². The summed E-state index contributed by atoms with van der Waals surface area (Å²) < 4.78 is 0. The molecule has 0 amide bonds. The maximum Gasteiger partial charge on any atom is 0.323 e. The number of nitrogens with zero attached hydrogens (tertiary/aromatic N) is 1. The fraction of sp³-hybridized carbons (Fsp3) is 0.929. The van der Waals surface area contributed by atoms with Crippen LogP contribution in [0, 0.1) is 0 Å². The fourth-order valence-electron chi connectivity index (χ4n) is 2.20. The number of hydrogen-bond acceptors (Lipinski definition) is 3. The molecule has 0 aromatic carbocycles. The smallest absolute Gasteiger partial charge is 0.323 e. The van der Waals surface area contributed by atoms with E-state index in [0.717, 1.165) is 32.4 Å². The lowest BCUT2D eigenvalue weighted by Crippen LogP contribution is -2.52. The molecule has 2 N–H and O–H groups in total. The van der Waals surface area contributed by atoms with E-state index in [2.05, 4.69) is 31.0 Å². The van der Waals surface area contributed by atoms with Gasteiger partial charge in [-0.1, -0.05) is 6.92 Å². The van der Waals surface area contributed by atoms with E-state index in [-0.39, 0.29) is 0 Å². The molecular weight excluding hydrogens is 228 g/mol. The topological polar surface area (TPSA) is 52.6 Å². The summed E-state index contributed by atoms with van der Waals surface area (Å²) in [4.78, 5) is 13.8. The molecule has 1 aliphatic rings. The molecule has 1 aliphatic carbocycles. The van der Waals surface area contributed by atoms with Crippen molar-refractivity contribution in [2.24, 2.45) is 0 Å². The zero-order valence-electron chi connectivity index (χ0n) is 12.2. The minimum atomic E-state index is -0.776. The first kappa shape index (κ1) is 15.4. The van der Waals surface area contributed by atoms with Crippen LogP contribution in [0.4, 0.5) is 0 Å². The molecule has 0 spiro atoms. The zero-order chi connectivity index (χ0) is 13.8. The van der Waals surface area contributed by atoms with Crippen molar-refractivity contribution in [2.75, 3.05) is 13.1 Å². The van der Waals surface area contributed by atoms with Crippen molar-refractivity contribution in [1.82, 2.24) is 10.2 Å². The van der Waals surface area contributed by atoms with E-state index in [1.54, 1.807) is 0 Å². The van der Waals surface area contributed by atoms with Crippen LogP contribution >= 0.6 is 0 Å². The average Bonchev–Trinajstić information content (AvgIpc) is 3.07. The van der Waals surface area contributed by atoms with E-state index in [4.69, 9.17) is 0 Å². The van der Waals surface area contributed by atoms with E-state index in [0.29, 0.717) is 18.5 Å². The number of carboxylic acids is 1. The molecule has 0 radical (unpaired) electrons. The van der Waals surface area contributed by atoms with Gasteiger partial charge in [0.2, 0.25) is 0 Å². The van der Waals surface area contributed by atoms with Crippen molar-refractivity contribution in [3.63, 3.8) is 0 Å². The summed E-state index contributed by atoms with van der Waals surface area (Å²) in [7, 11) is 0. The Balaban J connectivity index is 2.51. The molecule has 0 heterocycles. The highest BCUT2D eigenvalue weighted by molar-refractivity contribution is 5.78. The maximum atomic E-state index is 11.4. The number of carbonyl (C=O) groups is 1. The van der Waals surface area contributed by atoms with Gasteiger partial charge in [0.05, 0.1) is 0 Å². The highest BCUT2D eigenvalue weighted by Crippen LogP contribution is 2.24. The Hall–Kier alpha value is -0.610. The Kier molecular flexibility index (Phi) is 5.60. The van der Waals surface area contributed by atoms with Gasteiger partial charge in [-0.15, -0.1) is 0 Å². The molecule has 1 rings (SSSR count). The first-order valence-corrected chi connectivity index (χ1v) is 7.14. The summed E-state index contributed by atoms with van der Waals surface area (Å²) in [5.74, 6) is -0.727. The summed E-state index contributed by atoms with van der Waals surface area (Å²) >= 11 is 0. The first-order valence-electron chi connectivity index (χ1n) is 7.14. The van der Waals surface area contributed by atoms with Gasteiger partial charge in [0.1, 0.15) is 5.54 Å². The molecule has 0 aromatic heterocycles. The van der Waals surface area contributed by atoms with Crippen LogP contribution in [0.25, 0.3) is 0 Å². The number of hydrogen-bond donors (Lipinski definition) is 2. The second-order valence-electron chi connectivity index (χ2n) is 5.94. The van der Waals surface area contributed by atoms with E-state index in [1.165, 1.54) is 0 Å². The van der Waals surface area contributed by atoms with Crippen LogP contribution in [0.2, 0.25) is 0 Å². The fourth-order valence-corrected chi connectivity index (χ4v) is 2.20. The van der Waals surface area contributed by atoms with Gasteiger partial charge < -0.3 is 10.0 Å². The standard InChI is InChI=1S/C14H28N2O2/c1-5-9-16(11(2)3)10-8-14(4,13(17)18)15-12-6-7-12/h11-12,15H,5-10H2,1-4H3,(H,17,18). The Bertz CT molecular complexity index is 277. The molecule has 1 unspecified atom stereocenters. The van der Waals surface area contributed by atoms with E-state index >= 15 is 0 Å². The monoisotopic (exact) mass is 256 g/mol. The normalized spacial score (nSPS) is 19.2. The van der Waals surface area contributed by atoms with Gasteiger partial charge in [-0.05, 0) is 53.0 Å². The second-order valence-corrected chi connectivity index (χ2v) is 5.94. The minimum Gasteiger partial charge on any atom is -0.480 e. The van der Waals surface area contributed by atoms with E-state index < -0.39 is 11.5 Å². The predicted octanol–water partition coefficient (Wildman–Crippen LogP) is 2.09. The molecule has 0 aliphatic heterocycles. The number of carboxylic acid groups (broad SMARTS) is 1. The van der Waals surface area contributed by atoms with Crippen LogP contribution in [0.1, 0.15) is 53.4 Å². The summed E-state index contributed by atoms with van der Waals surface area (Å²) in [6, 6.07) is 0.897. The van der Waals surface area contributed by atoms with Gasteiger partial charge in [-0.3, -0.25) is 10.1 Å². The van der Waals surface area contributed by atoms with E-state index in [1.807, 2.05) is 6.92 Å². The molecule has 1 saturated carbocycles. The molecule has 1 fully saturated rings. The summed E-state index contributed by atoms with van der Waals surface area (Å²) in [6.45, 7) is 10.2. The molecule has 4 nitrogen and oxygen atoms in total. The lowest BCUT2D eigenvalue weighted by molar-refractivity contribution is -0.144. The maximum absolute atomic E-state index is 11.4. The number of nitrogens with one attached hydrogen (secondary N) is 1. The Morgan fingerprint density at radius 3 is 2.44 bits per heavy atom. The SMILES string of the molecule is CCCN(CCC(C)(NC1CC1)C(=O)O)C(C)C. The molecule has 0 bridgehead atoms. The van der Waals surface area contributed by atoms with Crippen LogP contribution in [0.15, 0.2) is 0 Å². The first-order chi connectivity index (χ1) is 8.39. The lowest BCUT2D eigenvalue weighted by Gasteiger charge is -2.32. The molecule has 1 atom stereocenters. The molecule has 106 valence electrons. The predicted molar refractivity (Wildman–Crippen MR) is 73.8 cm³/mol. The lowest BCUT2D eigenvalue weighted by atomic mass is 9.97. The molecule has 0 saturated heterocycles. The van der Waals surface area contributed by atoms with Crippen molar-refractivity contribution in [3.8, 4) is 0 Å². The zero-order valence-corrected chi connectivity index (χ0v) is 12.2. The van der Waals surface area contributed by atoms with Gasteiger partial charge in [0, 0.05) is 18.6 Å². The minimum absolute atomic E-state index is 0.421. The molecular formula is C14H28N2O2. The third-order valence-electron chi connectivity index (χ3n) is 3.71. The summed E-state index contributed by atoms with van der Waals surface area (Å²) in [5, 5.41) is 12.7. The Morgan fingerprint density at radius 2 is 2.06 bits per heavy atom. The van der Waals surface area contributed by atoms with Crippen LogP contribution in [0.5, 0.6) is 0 Å². The quantitative estimate of drug-likeness (QED) is 0.663. The van der Waals surface area contributed by atoms with Gasteiger partial charge in [-0.2, -0.15) is 0 Å². The largest absolute Gasteiger partial charge is 0.480 e. The van der Waals surface area contributed by atoms with Crippen molar-refractivity contribution >= 4 is 5.97 Å². The van der Waals surface area contributed by atoms with E-state index in [9.17, 15) is 9.90 Å². The Morgan fingerprint density at radius 1 is 1.44 bits per heavy atom. The summed E-state index contributed by atoms with van der Waals surface area (Å²) in [6.07, 6.45) is 4.01. The van der Waals surface area contributed by atoms with Crippen LogP contribution in [0.3, 0.4) is 0 Å². The van der Waals surface area contributed by atoms with Crippen molar-refractivity contribution < 1.29 is 9.90 Å². The van der Waals surface area contributed by atoms with Gasteiger partial charge >= 0.3 is 5.97 Å². The number of rotatable bonds is 9. The van der Waals surface area contributed by atoms with Crippen molar-refractivity contribution in [2.45, 2.75) is 71.0 Å². The van der Waals surface area contributed by atoms with Crippen LogP contribution in [-0.4, -0.2) is 46.7 Å². The van der Waals surface area contributed by atoms with Crippen LogP contribution < -0.4 is 5.32 Å². The average molecular weight is 256 g/mol. The third kappa shape index (κ3) is 4.58. The summed E-state index contributed by atoms with van der Waals surface area (Å²) in [5.41, 5.74) is -0.776. The van der Waals surface area contributed by atoms with Crippen molar-refractivity contribution in [3.05, 3.63) is 0 Å². The molecule has 18 heavy (non-hydrogen) atoms. The third-order valence-corrected chi connectivity index (χ3v) is 3.71. The second kappa shape index (κ2) is 6.53. The van der Waals surface area contributed by atoms with Crippen LogP contribution in [-0.2, 0) is 4.79 Å².